The summed E-state index contributed by atoms with van der Waals surface area (Å²) in [6.07, 6.45) is 1.63. The number of nitrogens with one attached hydrogen (secondary N) is 1. The van der Waals surface area contributed by atoms with E-state index in [9.17, 15) is 9.59 Å². The number of rotatable bonds is 4. The fourth-order valence-corrected chi connectivity index (χ4v) is 2.48. The first-order valence-corrected chi connectivity index (χ1v) is 7.42. The number of para-hydroxylation sites is 2. The van der Waals surface area contributed by atoms with Crippen molar-refractivity contribution in [1.82, 2.24) is 9.78 Å². The van der Waals surface area contributed by atoms with Gasteiger partial charge in [-0.25, -0.2) is 4.68 Å². The van der Waals surface area contributed by atoms with Crippen LogP contribution in [0, 0.1) is 0 Å². The first-order chi connectivity index (χ1) is 11.1. The fourth-order valence-electron chi connectivity index (χ4n) is 2.48. The molecule has 0 saturated carbocycles. The third-order valence-electron chi connectivity index (χ3n) is 3.54. The summed E-state index contributed by atoms with van der Waals surface area (Å²) in [7, 11) is 0. The molecule has 0 bridgehead atoms. The number of benzene rings is 1. The molecule has 0 atom stereocenters. The SMILES string of the molecule is CC(C)n1nccc1NC(=O)CN1C(=O)COc2ccccc21. The van der Waals surface area contributed by atoms with Crippen LogP contribution in [-0.2, 0) is 9.59 Å². The molecule has 2 heterocycles. The molecule has 1 aliphatic rings. The van der Waals surface area contributed by atoms with E-state index in [0.29, 0.717) is 17.3 Å². The van der Waals surface area contributed by atoms with E-state index < -0.39 is 0 Å². The van der Waals surface area contributed by atoms with Gasteiger partial charge in [0, 0.05) is 12.1 Å². The molecule has 0 spiro atoms. The zero-order valence-electron chi connectivity index (χ0n) is 13.0. The number of ether oxygens (including phenoxy) is 1. The summed E-state index contributed by atoms with van der Waals surface area (Å²) in [6.45, 7) is 3.82. The Balaban J connectivity index is 1.75. The lowest BCUT2D eigenvalue weighted by atomic mass is 10.2. The van der Waals surface area contributed by atoms with Crippen LogP contribution in [0.1, 0.15) is 19.9 Å². The van der Waals surface area contributed by atoms with Crippen LogP contribution in [-0.4, -0.2) is 34.7 Å². The smallest absolute Gasteiger partial charge is 0.265 e. The summed E-state index contributed by atoms with van der Waals surface area (Å²) in [5.74, 6) is 0.694. The van der Waals surface area contributed by atoms with E-state index in [0.717, 1.165) is 0 Å². The Kier molecular flexibility index (Phi) is 4.01. The maximum Gasteiger partial charge on any atom is 0.265 e. The van der Waals surface area contributed by atoms with Crippen LogP contribution in [0.4, 0.5) is 11.5 Å². The number of carbonyl (C=O) groups is 2. The van der Waals surface area contributed by atoms with Gasteiger partial charge in [-0.05, 0) is 26.0 Å². The third-order valence-corrected chi connectivity index (χ3v) is 3.54. The number of hydrogen-bond acceptors (Lipinski definition) is 4. The van der Waals surface area contributed by atoms with Gasteiger partial charge in [0.05, 0.1) is 11.9 Å². The van der Waals surface area contributed by atoms with Crippen LogP contribution in [0.5, 0.6) is 5.75 Å². The second-order valence-corrected chi connectivity index (χ2v) is 5.54. The highest BCUT2D eigenvalue weighted by atomic mass is 16.5. The molecule has 1 aromatic carbocycles. The van der Waals surface area contributed by atoms with Crippen LogP contribution in [0.15, 0.2) is 36.5 Å². The number of nitrogens with zero attached hydrogens (tertiary/aromatic N) is 3. The highest BCUT2D eigenvalue weighted by Crippen LogP contribution is 2.31. The highest BCUT2D eigenvalue weighted by Gasteiger charge is 2.27. The Morgan fingerprint density at radius 1 is 1.35 bits per heavy atom. The maximum atomic E-state index is 12.3. The summed E-state index contributed by atoms with van der Waals surface area (Å²) in [5, 5.41) is 6.97. The quantitative estimate of drug-likeness (QED) is 0.934. The molecule has 0 unspecified atom stereocenters. The van der Waals surface area contributed by atoms with Gasteiger partial charge in [-0.1, -0.05) is 12.1 Å². The number of anilines is 2. The Morgan fingerprint density at radius 3 is 2.91 bits per heavy atom. The number of amides is 2. The van der Waals surface area contributed by atoms with Crippen molar-refractivity contribution >= 4 is 23.3 Å². The number of carbonyl (C=O) groups excluding carboxylic acids is 2. The van der Waals surface area contributed by atoms with E-state index in [2.05, 4.69) is 10.4 Å². The molecule has 120 valence electrons. The Morgan fingerprint density at radius 2 is 2.13 bits per heavy atom. The molecular formula is C16H18N4O3. The summed E-state index contributed by atoms with van der Waals surface area (Å²) >= 11 is 0. The molecule has 0 saturated heterocycles. The molecule has 0 radical (unpaired) electrons. The van der Waals surface area contributed by atoms with Crippen molar-refractivity contribution < 1.29 is 14.3 Å². The van der Waals surface area contributed by atoms with E-state index in [4.69, 9.17) is 4.74 Å². The van der Waals surface area contributed by atoms with E-state index in [1.807, 2.05) is 19.9 Å². The van der Waals surface area contributed by atoms with Gasteiger partial charge in [0.1, 0.15) is 18.1 Å². The minimum atomic E-state index is -0.280. The first-order valence-electron chi connectivity index (χ1n) is 7.42. The molecule has 1 aliphatic heterocycles. The monoisotopic (exact) mass is 314 g/mol. The Hall–Kier alpha value is -2.83. The first kappa shape index (κ1) is 15.1. The molecule has 2 amide bonds. The minimum absolute atomic E-state index is 0.0613. The molecular weight excluding hydrogens is 296 g/mol. The fraction of sp³-hybridized carbons (Fsp3) is 0.312. The summed E-state index contributed by atoms with van der Waals surface area (Å²) < 4.78 is 7.08. The lowest BCUT2D eigenvalue weighted by Crippen LogP contribution is -2.43. The maximum absolute atomic E-state index is 12.3. The summed E-state index contributed by atoms with van der Waals surface area (Å²) in [6, 6.07) is 9.03. The van der Waals surface area contributed by atoms with E-state index in [1.165, 1.54) is 4.90 Å². The van der Waals surface area contributed by atoms with E-state index in [1.54, 1.807) is 35.1 Å². The molecule has 1 N–H and O–H groups in total. The van der Waals surface area contributed by atoms with Crippen LogP contribution in [0.25, 0.3) is 0 Å². The van der Waals surface area contributed by atoms with Crippen molar-refractivity contribution in [3.05, 3.63) is 36.5 Å². The average Bonchev–Trinajstić information content (AvgIpc) is 2.98. The lowest BCUT2D eigenvalue weighted by molar-refractivity contribution is -0.123. The Labute approximate surface area is 133 Å². The van der Waals surface area contributed by atoms with Gasteiger partial charge in [0.25, 0.3) is 5.91 Å². The third kappa shape index (κ3) is 3.03. The molecule has 0 aliphatic carbocycles. The Bertz CT molecular complexity index is 738. The van der Waals surface area contributed by atoms with E-state index in [-0.39, 0.29) is 31.0 Å². The van der Waals surface area contributed by atoms with Crippen molar-refractivity contribution in [1.29, 1.82) is 0 Å². The largest absolute Gasteiger partial charge is 0.482 e. The standard InChI is InChI=1S/C16H18N4O3/c1-11(2)20-14(7-8-17-20)18-15(21)9-19-12-5-3-4-6-13(12)23-10-16(19)22/h3-8,11H,9-10H2,1-2H3,(H,18,21). The molecule has 7 heteroatoms. The van der Waals surface area contributed by atoms with Crippen molar-refractivity contribution in [2.45, 2.75) is 19.9 Å². The second-order valence-electron chi connectivity index (χ2n) is 5.54. The highest BCUT2D eigenvalue weighted by molar-refractivity contribution is 6.04. The van der Waals surface area contributed by atoms with Gasteiger partial charge in [-0.3, -0.25) is 14.5 Å². The second kappa shape index (κ2) is 6.12. The number of fused-ring (bicyclic) bond motifs is 1. The molecule has 2 aromatic rings. The molecule has 7 nitrogen and oxygen atoms in total. The topological polar surface area (TPSA) is 76.5 Å². The molecule has 1 aromatic heterocycles. The zero-order valence-corrected chi connectivity index (χ0v) is 13.0. The van der Waals surface area contributed by atoms with Gasteiger partial charge in [0.15, 0.2) is 6.61 Å². The average molecular weight is 314 g/mol. The lowest BCUT2D eigenvalue weighted by Gasteiger charge is -2.28. The predicted octanol–water partition coefficient (Wildman–Crippen LogP) is 1.83. The van der Waals surface area contributed by atoms with Gasteiger partial charge in [-0.2, -0.15) is 5.10 Å². The molecule has 0 fully saturated rings. The van der Waals surface area contributed by atoms with Crippen LogP contribution < -0.4 is 15.0 Å². The zero-order chi connectivity index (χ0) is 16.4. The predicted molar refractivity (Wildman–Crippen MR) is 85.5 cm³/mol. The molecule has 3 rings (SSSR count). The minimum Gasteiger partial charge on any atom is -0.482 e. The van der Waals surface area contributed by atoms with Crippen LogP contribution >= 0.6 is 0 Å². The normalized spacial score (nSPS) is 13.7. The van der Waals surface area contributed by atoms with Crippen molar-refractivity contribution in [3.8, 4) is 5.75 Å². The van der Waals surface area contributed by atoms with Gasteiger partial charge in [0.2, 0.25) is 5.91 Å². The van der Waals surface area contributed by atoms with Crippen LogP contribution in [0.3, 0.4) is 0 Å². The van der Waals surface area contributed by atoms with Crippen molar-refractivity contribution in [2.75, 3.05) is 23.4 Å². The number of aromatic nitrogens is 2. The van der Waals surface area contributed by atoms with Crippen molar-refractivity contribution in [2.24, 2.45) is 0 Å². The summed E-state index contributed by atoms with van der Waals surface area (Å²) in [5.41, 5.74) is 0.608. The van der Waals surface area contributed by atoms with Crippen LogP contribution in [0.2, 0.25) is 0 Å². The molecule has 23 heavy (non-hydrogen) atoms. The van der Waals surface area contributed by atoms with Gasteiger partial charge < -0.3 is 10.1 Å². The summed E-state index contributed by atoms with van der Waals surface area (Å²) in [4.78, 5) is 25.8. The van der Waals surface area contributed by atoms with Gasteiger partial charge >= 0.3 is 0 Å². The number of hydrogen-bond donors (Lipinski definition) is 1. The van der Waals surface area contributed by atoms with E-state index >= 15 is 0 Å². The van der Waals surface area contributed by atoms with Crippen molar-refractivity contribution in [3.63, 3.8) is 0 Å². The van der Waals surface area contributed by atoms with Gasteiger partial charge in [-0.15, -0.1) is 0 Å².